The Kier molecular flexibility index (Phi) is 4.99. The first-order chi connectivity index (χ1) is 9.88. The maximum absolute atomic E-state index is 12.3. The SMILES string of the molecule is C[C@@H]1CC[C@H](C)CC(NC(=O)c2ccc(O)c(O)c2Cl)C1. The highest BCUT2D eigenvalue weighted by Crippen LogP contribution is 2.35. The molecule has 2 rings (SSSR count). The lowest BCUT2D eigenvalue weighted by atomic mass is 9.99. The summed E-state index contributed by atoms with van der Waals surface area (Å²) < 4.78 is 0. The van der Waals surface area contributed by atoms with Crippen LogP contribution in [0.1, 0.15) is 49.9 Å². The Balaban J connectivity index is 2.12. The molecule has 116 valence electrons. The Bertz CT molecular complexity index is 520. The zero-order chi connectivity index (χ0) is 15.6. The van der Waals surface area contributed by atoms with Gasteiger partial charge in [0.05, 0.1) is 10.6 Å². The Morgan fingerprint density at radius 3 is 2.33 bits per heavy atom. The first-order valence-corrected chi connectivity index (χ1v) is 7.77. The number of halogens is 1. The van der Waals surface area contributed by atoms with Crippen molar-refractivity contribution in [1.82, 2.24) is 5.32 Å². The van der Waals surface area contributed by atoms with E-state index in [1.165, 1.54) is 25.0 Å². The maximum Gasteiger partial charge on any atom is 0.253 e. The van der Waals surface area contributed by atoms with Crippen LogP contribution < -0.4 is 5.32 Å². The van der Waals surface area contributed by atoms with Crippen molar-refractivity contribution in [3.05, 3.63) is 22.7 Å². The Labute approximate surface area is 130 Å². The van der Waals surface area contributed by atoms with Crippen molar-refractivity contribution in [1.29, 1.82) is 0 Å². The van der Waals surface area contributed by atoms with E-state index in [9.17, 15) is 15.0 Å². The highest BCUT2D eigenvalue weighted by Gasteiger charge is 2.24. The minimum absolute atomic E-state index is 0.109. The Morgan fingerprint density at radius 1 is 1.19 bits per heavy atom. The van der Waals surface area contributed by atoms with Crippen LogP contribution in [0.4, 0.5) is 0 Å². The zero-order valence-corrected chi connectivity index (χ0v) is 13.2. The number of carbonyl (C=O) groups excluding carboxylic acids is 1. The lowest BCUT2D eigenvalue weighted by Gasteiger charge is -2.20. The van der Waals surface area contributed by atoms with Gasteiger partial charge in [0.25, 0.3) is 5.91 Å². The van der Waals surface area contributed by atoms with Gasteiger partial charge in [0, 0.05) is 6.04 Å². The second kappa shape index (κ2) is 6.56. The molecule has 3 atom stereocenters. The second-order valence-electron chi connectivity index (χ2n) is 6.22. The van der Waals surface area contributed by atoms with Gasteiger partial charge >= 0.3 is 0 Å². The summed E-state index contributed by atoms with van der Waals surface area (Å²) in [5.74, 6) is 0.0923. The van der Waals surface area contributed by atoms with E-state index in [2.05, 4.69) is 19.2 Å². The molecule has 0 radical (unpaired) electrons. The number of nitrogens with one attached hydrogen (secondary N) is 1. The van der Waals surface area contributed by atoms with Crippen LogP contribution in [0, 0.1) is 11.8 Å². The van der Waals surface area contributed by atoms with E-state index in [1.54, 1.807) is 0 Å². The molecule has 5 heteroatoms. The van der Waals surface area contributed by atoms with E-state index >= 15 is 0 Å². The average Bonchev–Trinajstić information content (AvgIpc) is 2.57. The summed E-state index contributed by atoms with van der Waals surface area (Å²) in [7, 11) is 0. The smallest absolute Gasteiger partial charge is 0.253 e. The number of phenolic OH excluding ortho intramolecular Hbond substituents is 2. The molecule has 0 bridgehead atoms. The molecular formula is C16H22ClNO3. The fourth-order valence-electron chi connectivity index (χ4n) is 2.98. The second-order valence-corrected chi connectivity index (χ2v) is 6.60. The summed E-state index contributed by atoms with van der Waals surface area (Å²) >= 11 is 5.93. The molecule has 0 spiro atoms. The quantitative estimate of drug-likeness (QED) is 0.576. The molecule has 0 aromatic heterocycles. The van der Waals surface area contributed by atoms with E-state index in [4.69, 9.17) is 11.6 Å². The molecule has 0 heterocycles. The molecule has 1 saturated carbocycles. The molecule has 3 N–H and O–H groups in total. The molecule has 0 saturated heterocycles. The monoisotopic (exact) mass is 311 g/mol. The van der Waals surface area contributed by atoms with Gasteiger partial charge in [0.15, 0.2) is 11.5 Å². The summed E-state index contributed by atoms with van der Waals surface area (Å²) in [6.45, 7) is 4.41. The average molecular weight is 312 g/mol. The third kappa shape index (κ3) is 3.82. The molecule has 1 aromatic rings. The normalized spacial score (nSPS) is 26.1. The van der Waals surface area contributed by atoms with Crippen LogP contribution >= 0.6 is 11.6 Å². The first kappa shape index (κ1) is 16.0. The summed E-state index contributed by atoms with van der Waals surface area (Å²) in [5.41, 5.74) is 0.191. The van der Waals surface area contributed by atoms with Crippen molar-refractivity contribution in [2.45, 2.75) is 45.6 Å². The van der Waals surface area contributed by atoms with Crippen LogP contribution in [0.2, 0.25) is 5.02 Å². The van der Waals surface area contributed by atoms with Crippen LogP contribution in [0.3, 0.4) is 0 Å². The number of benzene rings is 1. The van der Waals surface area contributed by atoms with Crippen LogP contribution in [0.5, 0.6) is 11.5 Å². The lowest BCUT2D eigenvalue weighted by Crippen LogP contribution is -2.36. The standard InChI is InChI=1S/C16H22ClNO3/c1-9-3-4-10(2)8-11(7-9)18-16(21)12-5-6-13(19)15(20)14(12)17/h5-6,9-11,19-20H,3-4,7-8H2,1-2H3,(H,18,21)/t9-,10+,11?. The maximum atomic E-state index is 12.3. The zero-order valence-electron chi connectivity index (χ0n) is 12.4. The molecule has 1 amide bonds. The number of rotatable bonds is 2. The highest BCUT2D eigenvalue weighted by molar-refractivity contribution is 6.35. The van der Waals surface area contributed by atoms with E-state index in [0.717, 1.165) is 12.8 Å². The van der Waals surface area contributed by atoms with Gasteiger partial charge in [-0.15, -0.1) is 0 Å². The number of aromatic hydroxyl groups is 2. The van der Waals surface area contributed by atoms with Crippen molar-refractivity contribution in [3.8, 4) is 11.5 Å². The van der Waals surface area contributed by atoms with Gasteiger partial charge in [0.2, 0.25) is 0 Å². The predicted molar refractivity (Wildman–Crippen MR) is 82.8 cm³/mol. The Hall–Kier alpha value is -1.42. The molecule has 1 aliphatic rings. The molecule has 4 nitrogen and oxygen atoms in total. The Morgan fingerprint density at radius 2 is 1.76 bits per heavy atom. The number of amides is 1. The number of hydrogen-bond acceptors (Lipinski definition) is 3. The highest BCUT2D eigenvalue weighted by atomic mass is 35.5. The fraction of sp³-hybridized carbons (Fsp3) is 0.562. The van der Waals surface area contributed by atoms with Crippen molar-refractivity contribution >= 4 is 17.5 Å². The van der Waals surface area contributed by atoms with Crippen LogP contribution in [0.25, 0.3) is 0 Å². The van der Waals surface area contributed by atoms with Gasteiger partial charge in [-0.3, -0.25) is 4.79 Å². The van der Waals surface area contributed by atoms with Gasteiger partial charge in [-0.05, 0) is 36.8 Å². The lowest BCUT2D eigenvalue weighted by molar-refractivity contribution is 0.0928. The summed E-state index contributed by atoms with van der Waals surface area (Å²) in [5, 5.41) is 21.9. The summed E-state index contributed by atoms with van der Waals surface area (Å²) in [6, 6.07) is 2.82. The third-order valence-electron chi connectivity index (χ3n) is 4.20. The minimum Gasteiger partial charge on any atom is -0.504 e. The molecule has 1 fully saturated rings. The van der Waals surface area contributed by atoms with E-state index in [0.29, 0.717) is 11.8 Å². The van der Waals surface area contributed by atoms with Gasteiger partial charge in [-0.1, -0.05) is 38.3 Å². The number of carbonyl (C=O) groups is 1. The van der Waals surface area contributed by atoms with Gasteiger partial charge in [-0.2, -0.15) is 0 Å². The molecule has 1 aliphatic carbocycles. The summed E-state index contributed by atoms with van der Waals surface area (Å²) in [6.07, 6.45) is 4.29. The summed E-state index contributed by atoms with van der Waals surface area (Å²) in [4.78, 5) is 12.3. The van der Waals surface area contributed by atoms with Gasteiger partial charge < -0.3 is 15.5 Å². The first-order valence-electron chi connectivity index (χ1n) is 7.39. The van der Waals surface area contributed by atoms with Gasteiger partial charge in [-0.25, -0.2) is 0 Å². The van der Waals surface area contributed by atoms with Crippen molar-refractivity contribution in [3.63, 3.8) is 0 Å². The van der Waals surface area contributed by atoms with Crippen LogP contribution in [-0.2, 0) is 0 Å². The molecule has 21 heavy (non-hydrogen) atoms. The van der Waals surface area contributed by atoms with Crippen molar-refractivity contribution in [2.75, 3.05) is 0 Å². The van der Waals surface area contributed by atoms with Crippen LogP contribution in [-0.4, -0.2) is 22.2 Å². The van der Waals surface area contributed by atoms with E-state index in [-0.39, 0.29) is 28.3 Å². The molecule has 0 aliphatic heterocycles. The fourth-order valence-corrected chi connectivity index (χ4v) is 3.23. The topological polar surface area (TPSA) is 69.6 Å². The van der Waals surface area contributed by atoms with E-state index in [1.807, 2.05) is 0 Å². The van der Waals surface area contributed by atoms with Crippen molar-refractivity contribution in [2.24, 2.45) is 11.8 Å². The van der Waals surface area contributed by atoms with Gasteiger partial charge in [0.1, 0.15) is 0 Å². The minimum atomic E-state index is -0.452. The molecular weight excluding hydrogens is 290 g/mol. The third-order valence-corrected chi connectivity index (χ3v) is 4.58. The largest absolute Gasteiger partial charge is 0.504 e. The molecule has 1 unspecified atom stereocenters. The van der Waals surface area contributed by atoms with E-state index < -0.39 is 5.75 Å². The predicted octanol–water partition coefficient (Wildman–Crippen LogP) is 3.70. The molecule has 1 aromatic carbocycles. The van der Waals surface area contributed by atoms with Crippen molar-refractivity contribution < 1.29 is 15.0 Å². The number of phenols is 2. The number of hydrogen-bond donors (Lipinski definition) is 3. The van der Waals surface area contributed by atoms with Crippen LogP contribution in [0.15, 0.2) is 12.1 Å².